The number of urea groups is 1. The fraction of sp³-hybridized carbons (Fsp3) is 0.579. The smallest absolute Gasteiger partial charge is 0.321 e. The second-order valence-electron chi connectivity index (χ2n) is 6.62. The molecule has 1 fully saturated rings. The highest BCUT2D eigenvalue weighted by Gasteiger charge is 2.24. The van der Waals surface area contributed by atoms with Crippen molar-refractivity contribution in [1.29, 1.82) is 0 Å². The van der Waals surface area contributed by atoms with Crippen LogP contribution in [0.2, 0.25) is 0 Å². The molecule has 2 rings (SSSR count). The number of piperidine rings is 1. The van der Waals surface area contributed by atoms with Crippen molar-refractivity contribution in [3.8, 4) is 5.75 Å². The summed E-state index contributed by atoms with van der Waals surface area (Å²) < 4.78 is 5.24. The van der Waals surface area contributed by atoms with E-state index in [1.165, 1.54) is 0 Å². The van der Waals surface area contributed by atoms with Crippen molar-refractivity contribution in [2.24, 2.45) is 5.92 Å². The fourth-order valence-electron chi connectivity index (χ4n) is 3.15. The Labute approximate surface area is 149 Å². The lowest BCUT2D eigenvalue weighted by molar-refractivity contribution is -0.121. The summed E-state index contributed by atoms with van der Waals surface area (Å²) in [5, 5.41) is 5.92. The predicted octanol–water partition coefficient (Wildman–Crippen LogP) is 3.16. The van der Waals surface area contributed by atoms with Crippen molar-refractivity contribution < 1.29 is 14.3 Å². The Morgan fingerprint density at radius 2 is 2.16 bits per heavy atom. The van der Waals surface area contributed by atoms with Crippen molar-refractivity contribution in [3.05, 3.63) is 23.8 Å². The van der Waals surface area contributed by atoms with Gasteiger partial charge in [0, 0.05) is 31.7 Å². The second-order valence-corrected chi connectivity index (χ2v) is 6.62. The molecule has 1 aliphatic heterocycles. The van der Waals surface area contributed by atoms with E-state index in [9.17, 15) is 9.59 Å². The maximum atomic E-state index is 12.5. The number of hydrogen-bond donors (Lipinski definition) is 2. The number of likely N-dealkylation sites (tertiary alicyclic amines) is 1. The summed E-state index contributed by atoms with van der Waals surface area (Å²) >= 11 is 0. The molecule has 1 heterocycles. The molecule has 1 unspecified atom stereocenters. The number of carbonyl (C=O) groups excluding carboxylic acids is 2. The Morgan fingerprint density at radius 3 is 2.84 bits per heavy atom. The van der Waals surface area contributed by atoms with E-state index < -0.39 is 0 Å². The quantitative estimate of drug-likeness (QED) is 0.830. The van der Waals surface area contributed by atoms with Gasteiger partial charge in [0.15, 0.2) is 0 Å². The third-order valence-electron chi connectivity index (χ3n) is 4.52. The maximum Gasteiger partial charge on any atom is 0.321 e. The van der Waals surface area contributed by atoms with Gasteiger partial charge in [-0.15, -0.1) is 0 Å². The molecule has 1 aliphatic rings. The zero-order valence-electron chi connectivity index (χ0n) is 15.4. The lowest BCUT2D eigenvalue weighted by Gasteiger charge is -2.33. The largest absolute Gasteiger partial charge is 0.496 e. The van der Waals surface area contributed by atoms with Gasteiger partial charge >= 0.3 is 6.03 Å². The van der Waals surface area contributed by atoms with Crippen LogP contribution in [0.25, 0.3) is 0 Å². The van der Waals surface area contributed by atoms with E-state index in [0.29, 0.717) is 25.4 Å². The first kappa shape index (κ1) is 19.1. The van der Waals surface area contributed by atoms with Gasteiger partial charge in [0.25, 0.3) is 0 Å². The van der Waals surface area contributed by atoms with E-state index in [0.717, 1.165) is 42.8 Å². The number of benzene rings is 1. The van der Waals surface area contributed by atoms with E-state index in [-0.39, 0.29) is 11.9 Å². The molecule has 0 spiro atoms. The van der Waals surface area contributed by atoms with Crippen LogP contribution in [0.15, 0.2) is 18.2 Å². The van der Waals surface area contributed by atoms with Crippen molar-refractivity contribution in [3.63, 3.8) is 0 Å². The first-order chi connectivity index (χ1) is 12.0. The number of methoxy groups -OCH3 is 1. The van der Waals surface area contributed by atoms with Gasteiger partial charge in [-0.2, -0.15) is 0 Å². The summed E-state index contributed by atoms with van der Waals surface area (Å²) in [6.07, 6.45) is 3.42. The molecule has 3 amide bonds. The van der Waals surface area contributed by atoms with Crippen LogP contribution in [-0.2, 0) is 4.79 Å². The van der Waals surface area contributed by atoms with E-state index >= 15 is 0 Å². The molecular weight excluding hydrogens is 318 g/mol. The topological polar surface area (TPSA) is 70.7 Å². The van der Waals surface area contributed by atoms with Gasteiger partial charge in [-0.3, -0.25) is 4.79 Å². The molecule has 6 nitrogen and oxygen atoms in total. The minimum absolute atomic E-state index is 0.0887. The van der Waals surface area contributed by atoms with Crippen LogP contribution in [0.3, 0.4) is 0 Å². The lowest BCUT2D eigenvalue weighted by atomic mass is 9.98. The number of ether oxygens (including phenoxy) is 1. The molecular formula is C19H29N3O3. The number of carbonyl (C=O) groups is 2. The summed E-state index contributed by atoms with van der Waals surface area (Å²) in [5.41, 5.74) is 1.75. The van der Waals surface area contributed by atoms with Crippen molar-refractivity contribution in [2.45, 2.75) is 39.5 Å². The summed E-state index contributed by atoms with van der Waals surface area (Å²) in [4.78, 5) is 26.0. The van der Waals surface area contributed by atoms with Crippen molar-refractivity contribution in [1.82, 2.24) is 10.2 Å². The third kappa shape index (κ3) is 5.66. The van der Waals surface area contributed by atoms with Crippen molar-refractivity contribution in [2.75, 3.05) is 32.1 Å². The normalized spacial score (nSPS) is 17.1. The Bertz CT molecular complexity index is 604. The number of rotatable bonds is 6. The van der Waals surface area contributed by atoms with E-state index in [4.69, 9.17) is 4.74 Å². The Morgan fingerprint density at radius 1 is 1.36 bits per heavy atom. The number of anilines is 1. The van der Waals surface area contributed by atoms with Crippen LogP contribution in [0.1, 0.15) is 38.2 Å². The summed E-state index contributed by atoms with van der Waals surface area (Å²) in [5.74, 6) is 1.22. The Hall–Kier alpha value is -2.24. The maximum absolute atomic E-state index is 12.5. The molecule has 1 aromatic carbocycles. The highest BCUT2D eigenvalue weighted by molar-refractivity contribution is 5.89. The Balaban J connectivity index is 1.86. The first-order valence-electron chi connectivity index (χ1n) is 9.00. The molecule has 2 N–H and O–H groups in total. The SMILES string of the molecule is CCCC(=O)NCC1CCCN(C(=O)Nc2ccc(OC)c(C)c2)C1. The lowest BCUT2D eigenvalue weighted by Crippen LogP contribution is -2.45. The number of amides is 3. The first-order valence-corrected chi connectivity index (χ1v) is 9.00. The average molecular weight is 347 g/mol. The number of nitrogens with zero attached hydrogens (tertiary/aromatic N) is 1. The van der Waals surface area contributed by atoms with Gasteiger partial charge in [0.2, 0.25) is 5.91 Å². The van der Waals surface area contributed by atoms with Gasteiger partial charge in [0.05, 0.1) is 7.11 Å². The fourth-order valence-corrected chi connectivity index (χ4v) is 3.15. The molecule has 0 saturated carbocycles. The van der Waals surface area contributed by atoms with Crippen LogP contribution >= 0.6 is 0 Å². The van der Waals surface area contributed by atoms with Gasteiger partial charge in [0.1, 0.15) is 5.75 Å². The summed E-state index contributed by atoms with van der Waals surface area (Å²) in [6.45, 7) is 6.01. The molecule has 0 bridgehead atoms. The third-order valence-corrected chi connectivity index (χ3v) is 4.52. The molecule has 1 saturated heterocycles. The van der Waals surface area contributed by atoms with Crippen LogP contribution in [0.4, 0.5) is 10.5 Å². The van der Waals surface area contributed by atoms with Gasteiger partial charge in [-0.05, 0) is 55.9 Å². The average Bonchev–Trinajstić information content (AvgIpc) is 2.60. The zero-order valence-corrected chi connectivity index (χ0v) is 15.4. The van der Waals surface area contributed by atoms with Gasteiger partial charge in [-0.1, -0.05) is 6.92 Å². The molecule has 1 atom stereocenters. The predicted molar refractivity (Wildman–Crippen MR) is 99.0 cm³/mol. The summed E-state index contributed by atoms with van der Waals surface area (Å²) in [7, 11) is 1.63. The van der Waals surface area contributed by atoms with Crippen LogP contribution < -0.4 is 15.4 Å². The van der Waals surface area contributed by atoms with E-state index in [1.807, 2.05) is 36.9 Å². The number of aryl methyl sites for hydroxylation is 1. The standard InChI is InChI=1S/C19H29N3O3/c1-4-6-18(23)20-12-15-7-5-10-22(13-15)19(24)21-16-8-9-17(25-3)14(2)11-16/h8-9,11,15H,4-7,10,12-13H2,1-3H3,(H,20,23)(H,21,24). The van der Waals surface area contributed by atoms with E-state index in [1.54, 1.807) is 7.11 Å². The zero-order chi connectivity index (χ0) is 18.2. The van der Waals surface area contributed by atoms with Crippen LogP contribution in [0.5, 0.6) is 5.75 Å². The highest BCUT2D eigenvalue weighted by Crippen LogP contribution is 2.22. The second kappa shape index (κ2) is 9.30. The molecule has 0 aliphatic carbocycles. The molecule has 1 aromatic rings. The van der Waals surface area contributed by atoms with Gasteiger partial charge in [-0.25, -0.2) is 4.79 Å². The van der Waals surface area contributed by atoms with Crippen LogP contribution in [-0.4, -0.2) is 43.6 Å². The molecule has 138 valence electrons. The highest BCUT2D eigenvalue weighted by atomic mass is 16.5. The minimum Gasteiger partial charge on any atom is -0.496 e. The monoisotopic (exact) mass is 347 g/mol. The minimum atomic E-state index is -0.0887. The van der Waals surface area contributed by atoms with Gasteiger partial charge < -0.3 is 20.3 Å². The molecule has 25 heavy (non-hydrogen) atoms. The number of hydrogen-bond acceptors (Lipinski definition) is 3. The number of nitrogens with one attached hydrogen (secondary N) is 2. The van der Waals surface area contributed by atoms with Crippen molar-refractivity contribution >= 4 is 17.6 Å². The Kier molecular flexibility index (Phi) is 7.10. The molecule has 0 aromatic heterocycles. The summed E-state index contributed by atoms with van der Waals surface area (Å²) in [6, 6.07) is 5.51. The molecule has 6 heteroatoms. The molecule has 0 radical (unpaired) electrons. The van der Waals surface area contributed by atoms with Crippen LogP contribution in [0, 0.1) is 12.8 Å². The van der Waals surface area contributed by atoms with E-state index in [2.05, 4.69) is 10.6 Å².